The minimum Gasteiger partial charge on any atom is -0.476 e. The molecule has 98 valence electrons. The van der Waals surface area contributed by atoms with Gasteiger partial charge in [-0.25, -0.2) is 4.79 Å². The second-order valence-electron chi connectivity index (χ2n) is 4.42. The number of carbonyl (C=O) groups is 2. The lowest BCUT2D eigenvalue weighted by molar-refractivity contribution is -0.158. The Kier molecular flexibility index (Phi) is 4.48. The zero-order chi connectivity index (χ0) is 13.8. The highest BCUT2D eigenvalue weighted by Crippen LogP contribution is 2.21. The van der Waals surface area contributed by atoms with Crippen LogP contribution in [0.1, 0.15) is 38.1 Å². The Morgan fingerprint density at radius 1 is 1.28 bits per heavy atom. The molecular formula is C14H18O4. The number of Topliss-reactive ketones (excluding diaryl/α,β-unsaturated/α-hetero) is 1. The Morgan fingerprint density at radius 2 is 1.94 bits per heavy atom. The summed E-state index contributed by atoms with van der Waals surface area (Å²) >= 11 is 0. The normalized spacial score (nSPS) is 10.9. The summed E-state index contributed by atoms with van der Waals surface area (Å²) in [6.45, 7) is 6.79. The smallest absolute Gasteiger partial charge is 0.349 e. The molecule has 1 aromatic rings. The van der Waals surface area contributed by atoms with E-state index < -0.39 is 11.6 Å². The Balaban J connectivity index is 2.86. The summed E-state index contributed by atoms with van der Waals surface area (Å²) in [6.07, 6.45) is 0. The highest BCUT2D eigenvalue weighted by molar-refractivity contribution is 5.94. The number of ether oxygens (including phenoxy) is 2. The van der Waals surface area contributed by atoms with Gasteiger partial charge in [0.25, 0.3) is 0 Å². The van der Waals surface area contributed by atoms with Gasteiger partial charge in [0.1, 0.15) is 5.75 Å². The summed E-state index contributed by atoms with van der Waals surface area (Å²) in [4.78, 5) is 22.9. The maximum absolute atomic E-state index is 11.7. The van der Waals surface area contributed by atoms with E-state index in [0.717, 1.165) is 0 Å². The number of rotatable bonds is 5. The maximum atomic E-state index is 11.7. The van der Waals surface area contributed by atoms with Crippen LogP contribution in [0.5, 0.6) is 5.75 Å². The maximum Gasteiger partial charge on any atom is 0.349 e. The predicted octanol–water partition coefficient (Wildman–Crippen LogP) is 2.61. The van der Waals surface area contributed by atoms with Crippen molar-refractivity contribution in [3.63, 3.8) is 0 Å². The van der Waals surface area contributed by atoms with Gasteiger partial charge in [0.2, 0.25) is 0 Å². The number of hydrogen-bond donors (Lipinski definition) is 0. The minimum absolute atomic E-state index is 0.0469. The lowest BCUT2D eigenvalue weighted by atomic mass is 10.1. The summed E-state index contributed by atoms with van der Waals surface area (Å²) in [5.41, 5.74) is -0.530. The SMILES string of the molecule is CCOC(=O)C(C)(C)Oc1cccc(C(C)=O)c1. The van der Waals surface area contributed by atoms with Gasteiger partial charge in [-0.1, -0.05) is 12.1 Å². The fourth-order valence-electron chi connectivity index (χ4n) is 1.42. The molecule has 18 heavy (non-hydrogen) atoms. The van der Waals surface area contributed by atoms with E-state index in [4.69, 9.17) is 9.47 Å². The second-order valence-corrected chi connectivity index (χ2v) is 4.42. The molecular weight excluding hydrogens is 232 g/mol. The van der Waals surface area contributed by atoms with E-state index in [1.807, 2.05) is 0 Å². The summed E-state index contributed by atoms with van der Waals surface area (Å²) in [7, 11) is 0. The Hall–Kier alpha value is -1.84. The van der Waals surface area contributed by atoms with Crippen molar-refractivity contribution < 1.29 is 19.1 Å². The minimum atomic E-state index is -1.08. The Bertz CT molecular complexity index is 449. The van der Waals surface area contributed by atoms with Crippen molar-refractivity contribution in [1.82, 2.24) is 0 Å². The van der Waals surface area contributed by atoms with Gasteiger partial charge in [0, 0.05) is 5.56 Å². The molecule has 0 aliphatic carbocycles. The molecule has 0 aliphatic heterocycles. The number of esters is 1. The van der Waals surface area contributed by atoms with E-state index in [1.165, 1.54) is 6.92 Å². The third-order valence-corrected chi connectivity index (χ3v) is 2.38. The van der Waals surface area contributed by atoms with Crippen LogP contribution < -0.4 is 4.74 Å². The molecule has 1 aromatic carbocycles. The van der Waals surface area contributed by atoms with Crippen LogP contribution in [0.25, 0.3) is 0 Å². The van der Waals surface area contributed by atoms with E-state index in [1.54, 1.807) is 45.0 Å². The molecule has 0 atom stereocenters. The van der Waals surface area contributed by atoms with Crippen LogP contribution in [0.15, 0.2) is 24.3 Å². The van der Waals surface area contributed by atoms with E-state index in [0.29, 0.717) is 17.9 Å². The van der Waals surface area contributed by atoms with Crippen LogP contribution in [0.4, 0.5) is 0 Å². The first-order valence-corrected chi connectivity index (χ1v) is 5.84. The largest absolute Gasteiger partial charge is 0.476 e. The first-order chi connectivity index (χ1) is 8.36. The Labute approximate surface area is 107 Å². The van der Waals surface area contributed by atoms with Crippen molar-refractivity contribution >= 4 is 11.8 Å². The molecule has 0 aliphatic rings. The van der Waals surface area contributed by atoms with Gasteiger partial charge in [0.05, 0.1) is 6.61 Å². The number of ketones is 1. The number of carbonyl (C=O) groups excluding carboxylic acids is 2. The van der Waals surface area contributed by atoms with E-state index in [2.05, 4.69) is 0 Å². The fourth-order valence-corrected chi connectivity index (χ4v) is 1.42. The zero-order valence-corrected chi connectivity index (χ0v) is 11.1. The van der Waals surface area contributed by atoms with E-state index in [9.17, 15) is 9.59 Å². The first kappa shape index (κ1) is 14.2. The van der Waals surface area contributed by atoms with Gasteiger partial charge in [-0.2, -0.15) is 0 Å². The monoisotopic (exact) mass is 250 g/mol. The van der Waals surface area contributed by atoms with Crippen LogP contribution >= 0.6 is 0 Å². The first-order valence-electron chi connectivity index (χ1n) is 5.84. The van der Waals surface area contributed by atoms with Crippen LogP contribution in [0.2, 0.25) is 0 Å². The molecule has 4 heteroatoms. The molecule has 0 fully saturated rings. The molecule has 0 heterocycles. The van der Waals surface area contributed by atoms with Crippen molar-refractivity contribution in [2.45, 2.75) is 33.3 Å². The molecule has 0 bridgehead atoms. The van der Waals surface area contributed by atoms with Crippen molar-refractivity contribution in [3.05, 3.63) is 29.8 Å². The van der Waals surface area contributed by atoms with Gasteiger partial charge in [-0.15, -0.1) is 0 Å². The molecule has 0 unspecified atom stereocenters. The van der Waals surface area contributed by atoms with Crippen molar-refractivity contribution in [2.24, 2.45) is 0 Å². The number of hydrogen-bond acceptors (Lipinski definition) is 4. The average molecular weight is 250 g/mol. The molecule has 0 N–H and O–H groups in total. The summed E-state index contributed by atoms with van der Waals surface area (Å²) in [5, 5.41) is 0. The van der Waals surface area contributed by atoms with Crippen molar-refractivity contribution in [3.8, 4) is 5.75 Å². The quantitative estimate of drug-likeness (QED) is 0.595. The molecule has 0 spiro atoms. The van der Waals surface area contributed by atoms with Gasteiger partial charge >= 0.3 is 5.97 Å². The molecule has 0 amide bonds. The summed E-state index contributed by atoms with van der Waals surface area (Å²) in [6, 6.07) is 6.73. The lowest BCUT2D eigenvalue weighted by Crippen LogP contribution is -2.39. The van der Waals surface area contributed by atoms with E-state index in [-0.39, 0.29) is 5.78 Å². The molecule has 4 nitrogen and oxygen atoms in total. The zero-order valence-electron chi connectivity index (χ0n) is 11.1. The molecule has 0 aromatic heterocycles. The molecule has 1 rings (SSSR count). The van der Waals surface area contributed by atoms with Crippen molar-refractivity contribution in [1.29, 1.82) is 0 Å². The summed E-state index contributed by atoms with van der Waals surface area (Å²) in [5.74, 6) is -0.00614. The Morgan fingerprint density at radius 3 is 2.50 bits per heavy atom. The number of benzene rings is 1. The highest BCUT2D eigenvalue weighted by atomic mass is 16.6. The van der Waals surface area contributed by atoms with Gasteiger partial charge in [-0.3, -0.25) is 4.79 Å². The van der Waals surface area contributed by atoms with Gasteiger partial charge in [0.15, 0.2) is 11.4 Å². The fraction of sp³-hybridized carbons (Fsp3) is 0.429. The van der Waals surface area contributed by atoms with Crippen LogP contribution in [0, 0.1) is 0 Å². The van der Waals surface area contributed by atoms with Crippen molar-refractivity contribution in [2.75, 3.05) is 6.61 Å². The van der Waals surface area contributed by atoms with Crippen LogP contribution in [-0.4, -0.2) is 24.0 Å². The third-order valence-electron chi connectivity index (χ3n) is 2.38. The topological polar surface area (TPSA) is 52.6 Å². The lowest BCUT2D eigenvalue weighted by Gasteiger charge is -2.24. The van der Waals surface area contributed by atoms with Gasteiger partial charge < -0.3 is 9.47 Å². The average Bonchev–Trinajstić information content (AvgIpc) is 2.29. The highest BCUT2D eigenvalue weighted by Gasteiger charge is 2.31. The molecule has 0 saturated carbocycles. The molecule has 0 saturated heterocycles. The standard InChI is InChI=1S/C14H18O4/c1-5-17-13(16)14(3,4)18-12-8-6-7-11(9-12)10(2)15/h6-9H,5H2,1-4H3. The van der Waals surface area contributed by atoms with Crippen LogP contribution in [0.3, 0.4) is 0 Å². The second kappa shape index (κ2) is 5.67. The van der Waals surface area contributed by atoms with Gasteiger partial charge in [-0.05, 0) is 39.8 Å². The van der Waals surface area contributed by atoms with Crippen LogP contribution in [-0.2, 0) is 9.53 Å². The molecule has 0 radical (unpaired) electrons. The summed E-state index contributed by atoms with van der Waals surface area (Å²) < 4.78 is 10.5. The third kappa shape index (κ3) is 3.58. The van der Waals surface area contributed by atoms with E-state index >= 15 is 0 Å². The predicted molar refractivity (Wildman–Crippen MR) is 67.8 cm³/mol.